The first-order chi connectivity index (χ1) is 9.02. The lowest BCUT2D eigenvalue weighted by atomic mass is 9.94. The maximum absolute atomic E-state index is 6.15. The molecule has 0 heterocycles. The van der Waals surface area contributed by atoms with Crippen LogP contribution in [-0.2, 0) is 0 Å². The van der Waals surface area contributed by atoms with Gasteiger partial charge in [-0.2, -0.15) is 0 Å². The zero-order valence-corrected chi connectivity index (χ0v) is 13.2. The minimum absolute atomic E-state index is 0.0637. The summed E-state index contributed by atoms with van der Waals surface area (Å²) < 4.78 is 0.884. The molecule has 0 bridgehead atoms. The lowest BCUT2D eigenvalue weighted by molar-refractivity contribution is 0.633. The molecule has 1 atom stereocenters. The van der Waals surface area contributed by atoms with Crippen molar-refractivity contribution >= 4 is 27.5 Å². The zero-order valence-electron chi connectivity index (χ0n) is 10.9. The van der Waals surface area contributed by atoms with Gasteiger partial charge in [0.1, 0.15) is 0 Å². The van der Waals surface area contributed by atoms with Gasteiger partial charge in [0.05, 0.1) is 11.1 Å². The van der Waals surface area contributed by atoms with Crippen molar-refractivity contribution in [2.45, 2.75) is 19.9 Å². The van der Waals surface area contributed by atoms with Crippen LogP contribution in [0.5, 0.6) is 0 Å². The number of nitrogens with two attached hydrogens (primary N) is 1. The Morgan fingerprint density at radius 2 is 1.89 bits per heavy atom. The number of hydrogen-bond acceptors (Lipinski definition) is 2. The Bertz CT molecular complexity index is 599. The third-order valence-corrected chi connectivity index (χ3v) is 4.41. The highest BCUT2D eigenvalue weighted by atomic mass is 79.9. The fourth-order valence-electron chi connectivity index (χ4n) is 2.21. The summed E-state index contributed by atoms with van der Waals surface area (Å²) in [4.78, 5) is 0. The first kappa shape index (κ1) is 14.5. The van der Waals surface area contributed by atoms with E-state index < -0.39 is 0 Å². The summed E-state index contributed by atoms with van der Waals surface area (Å²) in [5.74, 6) is 5.73. The van der Waals surface area contributed by atoms with Crippen LogP contribution in [0.15, 0.2) is 40.9 Å². The quantitative estimate of drug-likeness (QED) is 0.647. The van der Waals surface area contributed by atoms with E-state index in [0.29, 0.717) is 5.02 Å². The van der Waals surface area contributed by atoms with E-state index in [2.05, 4.69) is 53.4 Å². The molecule has 4 heteroatoms. The van der Waals surface area contributed by atoms with Gasteiger partial charge in [-0.15, -0.1) is 0 Å². The molecule has 0 aliphatic carbocycles. The van der Waals surface area contributed by atoms with Gasteiger partial charge in [-0.3, -0.25) is 5.84 Å². The number of rotatable bonds is 3. The second-order valence-electron chi connectivity index (χ2n) is 4.63. The normalized spacial score (nSPS) is 12.5. The van der Waals surface area contributed by atoms with Crippen LogP contribution in [0.1, 0.15) is 28.3 Å². The van der Waals surface area contributed by atoms with Gasteiger partial charge in [-0.1, -0.05) is 41.4 Å². The minimum atomic E-state index is -0.0637. The minimum Gasteiger partial charge on any atom is -0.271 e. The molecule has 0 aromatic heterocycles. The van der Waals surface area contributed by atoms with E-state index >= 15 is 0 Å². The summed E-state index contributed by atoms with van der Waals surface area (Å²) >= 11 is 9.55. The molecule has 0 amide bonds. The van der Waals surface area contributed by atoms with Crippen LogP contribution >= 0.6 is 27.5 Å². The van der Waals surface area contributed by atoms with Crippen molar-refractivity contribution in [2.75, 3.05) is 0 Å². The van der Waals surface area contributed by atoms with E-state index in [-0.39, 0.29) is 6.04 Å². The molecular weight excluding hydrogens is 324 g/mol. The maximum atomic E-state index is 6.15. The second-order valence-corrected chi connectivity index (χ2v) is 5.89. The van der Waals surface area contributed by atoms with E-state index in [4.69, 9.17) is 17.4 Å². The van der Waals surface area contributed by atoms with Crippen molar-refractivity contribution in [2.24, 2.45) is 5.84 Å². The Kier molecular flexibility index (Phi) is 4.63. The molecule has 0 spiro atoms. The molecule has 2 aromatic rings. The summed E-state index contributed by atoms with van der Waals surface area (Å²) in [6, 6.07) is 12.2. The maximum Gasteiger partial charge on any atom is 0.0713 e. The summed E-state index contributed by atoms with van der Waals surface area (Å²) in [5.41, 5.74) is 7.52. The van der Waals surface area contributed by atoms with Crippen LogP contribution in [0.3, 0.4) is 0 Å². The SMILES string of the molecule is Cc1ccc(C(NN)c2ccc(Br)c(Cl)c2)c(C)c1. The summed E-state index contributed by atoms with van der Waals surface area (Å²) in [6.45, 7) is 4.17. The first-order valence-corrected chi connectivity index (χ1v) is 7.18. The van der Waals surface area contributed by atoms with E-state index in [9.17, 15) is 0 Å². The van der Waals surface area contributed by atoms with E-state index in [0.717, 1.165) is 15.6 Å². The molecule has 2 rings (SSSR count). The van der Waals surface area contributed by atoms with E-state index in [1.807, 2.05) is 18.2 Å². The molecule has 19 heavy (non-hydrogen) atoms. The fraction of sp³-hybridized carbons (Fsp3) is 0.200. The fourth-order valence-corrected chi connectivity index (χ4v) is 2.64. The Hall–Kier alpha value is -0.870. The average Bonchev–Trinajstić information content (AvgIpc) is 2.37. The van der Waals surface area contributed by atoms with Gasteiger partial charge < -0.3 is 0 Å². The number of hydrazine groups is 1. The third-order valence-electron chi connectivity index (χ3n) is 3.18. The molecule has 2 nitrogen and oxygen atoms in total. The summed E-state index contributed by atoms with van der Waals surface area (Å²) in [5, 5.41) is 0.683. The van der Waals surface area contributed by atoms with Gasteiger partial charge in [0, 0.05) is 4.47 Å². The molecule has 0 radical (unpaired) electrons. The van der Waals surface area contributed by atoms with E-state index in [1.165, 1.54) is 11.1 Å². The van der Waals surface area contributed by atoms with Gasteiger partial charge in [-0.25, -0.2) is 5.43 Å². The molecule has 0 saturated heterocycles. The Balaban J connectivity index is 2.46. The highest BCUT2D eigenvalue weighted by Crippen LogP contribution is 2.30. The summed E-state index contributed by atoms with van der Waals surface area (Å²) in [6.07, 6.45) is 0. The second kappa shape index (κ2) is 6.06. The molecular formula is C15H16BrClN2. The van der Waals surface area contributed by atoms with Crippen molar-refractivity contribution in [1.82, 2.24) is 5.43 Å². The summed E-state index contributed by atoms with van der Waals surface area (Å²) in [7, 11) is 0. The predicted molar refractivity (Wildman–Crippen MR) is 84.2 cm³/mol. The van der Waals surface area contributed by atoms with Gasteiger partial charge in [0.2, 0.25) is 0 Å². The van der Waals surface area contributed by atoms with Gasteiger partial charge in [0.15, 0.2) is 0 Å². The Morgan fingerprint density at radius 1 is 1.16 bits per heavy atom. The smallest absolute Gasteiger partial charge is 0.0713 e. The van der Waals surface area contributed by atoms with Gasteiger partial charge in [0.25, 0.3) is 0 Å². The third kappa shape index (κ3) is 3.18. The zero-order chi connectivity index (χ0) is 14.0. The molecule has 3 N–H and O–H groups in total. The van der Waals surface area contributed by atoms with Crippen molar-refractivity contribution < 1.29 is 0 Å². The van der Waals surface area contributed by atoms with E-state index in [1.54, 1.807) is 0 Å². The van der Waals surface area contributed by atoms with Crippen molar-refractivity contribution in [3.8, 4) is 0 Å². The Morgan fingerprint density at radius 3 is 2.47 bits per heavy atom. The average molecular weight is 340 g/mol. The highest BCUT2D eigenvalue weighted by molar-refractivity contribution is 9.10. The molecule has 100 valence electrons. The van der Waals surface area contributed by atoms with Crippen LogP contribution in [0.2, 0.25) is 5.02 Å². The number of aryl methyl sites for hydroxylation is 2. The van der Waals surface area contributed by atoms with Gasteiger partial charge in [-0.05, 0) is 58.6 Å². The lowest BCUT2D eigenvalue weighted by Crippen LogP contribution is -2.29. The topological polar surface area (TPSA) is 38.0 Å². The number of nitrogens with one attached hydrogen (secondary N) is 1. The molecule has 2 aromatic carbocycles. The standard InChI is InChI=1S/C15H16BrClN2/c1-9-3-5-12(10(2)7-9)15(19-18)11-4-6-13(16)14(17)8-11/h3-8,15,19H,18H2,1-2H3. The van der Waals surface area contributed by atoms with Crippen LogP contribution in [0.25, 0.3) is 0 Å². The largest absolute Gasteiger partial charge is 0.271 e. The molecule has 0 aliphatic rings. The predicted octanol–water partition coefficient (Wildman–Crippen LogP) is 4.27. The monoisotopic (exact) mass is 338 g/mol. The van der Waals surface area contributed by atoms with Crippen LogP contribution in [0, 0.1) is 13.8 Å². The molecule has 0 saturated carbocycles. The number of benzene rings is 2. The Labute approximate surface area is 127 Å². The number of hydrogen-bond donors (Lipinski definition) is 2. The lowest BCUT2D eigenvalue weighted by Gasteiger charge is -2.20. The highest BCUT2D eigenvalue weighted by Gasteiger charge is 2.15. The van der Waals surface area contributed by atoms with Crippen LogP contribution in [0.4, 0.5) is 0 Å². The van der Waals surface area contributed by atoms with Crippen molar-refractivity contribution in [1.29, 1.82) is 0 Å². The molecule has 1 unspecified atom stereocenters. The van der Waals surface area contributed by atoms with Crippen molar-refractivity contribution in [3.63, 3.8) is 0 Å². The molecule has 0 fully saturated rings. The molecule has 0 aliphatic heterocycles. The number of halogens is 2. The first-order valence-electron chi connectivity index (χ1n) is 6.01. The van der Waals surface area contributed by atoms with Crippen LogP contribution < -0.4 is 11.3 Å². The van der Waals surface area contributed by atoms with Crippen LogP contribution in [-0.4, -0.2) is 0 Å². The van der Waals surface area contributed by atoms with Gasteiger partial charge >= 0.3 is 0 Å². The van der Waals surface area contributed by atoms with Crippen molar-refractivity contribution in [3.05, 3.63) is 68.1 Å².